The van der Waals surface area contributed by atoms with Gasteiger partial charge in [0.1, 0.15) is 6.04 Å². The number of rotatable bonds is 11. The Morgan fingerprint density at radius 1 is 0.854 bits per heavy atom. The van der Waals surface area contributed by atoms with Gasteiger partial charge in [0.05, 0.1) is 13.1 Å². The zero-order valence-electron chi connectivity index (χ0n) is 25.7. The van der Waals surface area contributed by atoms with Crippen LogP contribution in [-0.4, -0.2) is 55.3 Å². The lowest BCUT2D eigenvalue weighted by Gasteiger charge is -2.13. The third-order valence-corrected chi connectivity index (χ3v) is 5.30. The first-order valence-corrected chi connectivity index (χ1v) is 14.8. The van der Waals surface area contributed by atoms with E-state index in [1.165, 1.54) is 23.8 Å². The van der Waals surface area contributed by atoms with Crippen LogP contribution in [0.1, 0.15) is 59.1 Å². The van der Waals surface area contributed by atoms with Crippen molar-refractivity contribution in [2.24, 2.45) is 5.92 Å². The molecule has 0 saturated heterocycles. The molecular formula is C31H48N4O5S. The van der Waals surface area contributed by atoms with Crippen LogP contribution in [0.2, 0.25) is 0 Å². The third-order valence-electron chi connectivity index (χ3n) is 4.40. The van der Waals surface area contributed by atoms with E-state index in [1.54, 1.807) is 23.9 Å². The summed E-state index contributed by atoms with van der Waals surface area (Å²) in [5.41, 5.74) is 2.21. The lowest BCUT2D eigenvalue weighted by atomic mass is 10.2. The molecule has 4 N–H and O–H groups in total. The van der Waals surface area contributed by atoms with Crippen LogP contribution < -0.4 is 21.3 Å². The number of benzene rings is 2. The molecule has 0 bridgehead atoms. The topological polar surface area (TPSA) is 133 Å². The number of carbonyl (C=O) groups is 5. The summed E-state index contributed by atoms with van der Waals surface area (Å²) < 4.78 is 0. The average Bonchev–Trinajstić information content (AvgIpc) is 2.94. The maximum atomic E-state index is 11.8. The van der Waals surface area contributed by atoms with Crippen molar-refractivity contribution in [2.45, 2.75) is 72.4 Å². The number of thioether (sulfide) groups is 1. The van der Waals surface area contributed by atoms with Gasteiger partial charge in [0.25, 0.3) is 5.91 Å². The van der Waals surface area contributed by atoms with Gasteiger partial charge < -0.3 is 21.3 Å². The zero-order chi connectivity index (χ0) is 31.6. The number of hydrogen-bond acceptors (Lipinski definition) is 6. The van der Waals surface area contributed by atoms with Crippen LogP contribution in [0.5, 0.6) is 0 Å². The number of amides is 4. The summed E-state index contributed by atoms with van der Waals surface area (Å²) in [4.78, 5) is 57.9. The van der Waals surface area contributed by atoms with Crippen molar-refractivity contribution < 1.29 is 24.0 Å². The van der Waals surface area contributed by atoms with E-state index in [9.17, 15) is 24.0 Å². The molecule has 0 aliphatic carbocycles. The van der Waals surface area contributed by atoms with Gasteiger partial charge in [-0.3, -0.25) is 24.0 Å². The van der Waals surface area contributed by atoms with Crippen LogP contribution >= 0.6 is 11.8 Å². The number of carbonyl (C=O) groups excluding carboxylic acids is 5. The van der Waals surface area contributed by atoms with Crippen molar-refractivity contribution in [1.82, 2.24) is 21.3 Å². The second-order valence-corrected chi connectivity index (χ2v) is 10.4. The normalized spacial score (nSPS) is 10.1. The van der Waals surface area contributed by atoms with Crippen LogP contribution in [0.25, 0.3) is 0 Å². The summed E-state index contributed by atoms with van der Waals surface area (Å²) in [7, 11) is 0. The Bertz CT molecular complexity index is 1030. The molecule has 228 valence electrons. The maximum absolute atomic E-state index is 11.8. The van der Waals surface area contributed by atoms with Crippen molar-refractivity contribution >= 4 is 41.7 Å². The van der Waals surface area contributed by atoms with E-state index in [-0.39, 0.29) is 13.1 Å². The van der Waals surface area contributed by atoms with E-state index < -0.39 is 36.1 Å². The molecular weight excluding hydrogens is 540 g/mol. The number of ketones is 1. The Balaban J connectivity index is 0. The summed E-state index contributed by atoms with van der Waals surface area (Å²) in [5.74, 6) is -1.95. The highest BCUT2D eigenvalue weighted by Gasteiger charge is 2.18. The third kappa shape index (κ3) is 22.8. The largest absolute Gasteiger partial charge is 0.350 e. The van der Waals surface area contributed by atoms with Gasteiger partial charge in [-0.25, -0.2) is 0 Å². The molecule has 0 saturated carbocycles. The fraction of sp³-hybridized carbons (Fsp3) is 0.452. The van der Waals surface area contributed by atoms with Gasteiger partial charge in [0, 0.05) is 11.4 Å². The first-order valence-electron chi connectivity index (χ1n) is 13.6. The van der Waals surface area contributed by atoms with E-state index in [0.717, 1.165) is 11.5 Å². The van der Waals surface area contributed by atoms with Crippen molar-refractivity contribution in [3.8, 4) is 0 Å². The van der Waals surface area contributed by atoms with Crippen molar-refractivity contribution in [1.29, 1.82) is 0 Å². The molecule has 41 heavy (non-hydrogen) atoms. The van der Waals surface area contributed by atoms with E-state index in [2.05, 4.69) is 93.3 Å². The van der Waals surface area contributed by atoms with Gasteiger partial charge >= 0.3 is 0 Å². The molecule has 2 aromatic rings. The Labute approximate surface area is 250 Å². The highest BCUT2D eigenvalue weighted by atomic mass is 32.2. The molecule has 2 rings (SSSR count). The predicted octanol–water partition coefficient (Wildman–Crippen LogP) is 4.03. The van der Waals surface area contributed by atoms with E-state index in [1.807, 2.05) is 18.2 Å². The van der Waals surface area contributed by atoms with Crippen molar-refractivity contribution in [3.63, 3.8) is 0 Å². The Kier molecular flexibility index (Phi) is 24.4. The lowest BCUT2D eigenvalue weighted by Crippen LogP contribution is -2.49. The average molecular weight is 589 g/mol. The second-order valence-electron chi connectivity index (χ2n) is 9.51. The van der Waals surface area contributed by atoms with Gasteiger partial charge in [0.15, 0.2) is 0 Å². The van der Waals surface area contributed by atoms with Gasteiger partial charge in [-0.15, -0.1) is 11.8 Å². The molecule has 9 nitrogen and oxygen atoms in total. The predicted molar refractivity (Wildman–Crippen MR) is 167 cm³/mol. The van der Waals surface area contributed by atoms with E-state index >= 15 is 0 Å². The molecule has 10 heteroatoms. The SMILES string of the molecule is CC(C)C.CC(NC(=O)CNC=O)C(=O)NCC(=O)C(=O)NCc1ccccc1.CCC.CSc1ccccc1C. The van der Waals surface area contributed by atoms with E-state index in [0.29, 0.717) is 6.41 Å². The minimum absolute atomic E-state index is 0.204. The van der Waals surface area contributed by atoms with Gasteiger partial charge in [0.2, 0.25) is 24.0 Å². The summed E-state index contributed by atoms with van der Waals surface area (Å²) in [6.45, 7) is 13.8. The molecule has 1 unspecified atom stereocenters. The van der Waals surface area contributed by atoms with Gasteiger partial charge in [-0.2, -0.15) is 0 Å². The summed E-state index contributed by atoms with van der Waals surface area (Å²) in [5, 5.41) is 9.21. The fourth-order valence-corrected chi connectivity index (χ4v) is 3.16. The molecule has 0 aliphatic heterocycles. The zero-order valence-corrected chi connectivity index (χ0v) is 26.5. The molecule has 0 aromatic heterocycles. The lowest BCUT2D eigenvalue weighted by molar-refractivity contribution is -0.138. The Morgan fingerprint density at radius 2 is 1.39 bits per heavy atom. The van der Waals surface area contributed by atoms with E-state index in [4.69, 9.17) is 0 Å². The molecule has 0 heterocycles. The summed E-state index contributed by atoms with van der Waals surface area (Å²) >= 11 is 1.80. The monoisotopic (exact) mass is 588 g/mol. The molecule has 2 aromatic carbocycles. The van der Waals surface area contributed by atoms with Crippen LogP contribution in [0.15, 0.2) is 59.5 Å². The van der Waals surface area contributed by atoms with Crippen LogP contribution in [0.4, 0.5) is 0 Å². The van der Waals surface area contributed by atoms with Gasteiger partial charge in [-0.1, -0.05) is 89.6 Å². The van der Waals surface area contributed by atoms with Crippen molar-refractivity contribution in [2.75, 3.05) is 19.3 Å². The Morgan fingerprint density at radius 3 is 1.88 bits per heavy atom. The molecule has 0 spiro atoms. The highest BCUT2D eigenvalue weighted by Crippen LogP contribution is 2.17. The van der Waals surface area contributed by atoms with Crippen LogP contribution in [0.3, 0.4) is 0 Å². The quantitative estimate of drug-likeness (QED) is 0.178. The minimum Gasteiger partial charge on any atom is -0.350 e. The fourth-order valence-electron chi connectivity index (χ4n) is 2.56. The van der Waals surface area contributed by atoms with Crippen LogP contribution in [-0.2, 0) is 30.5 Å². The summed E-state index contributed by atoms with van der Waals surface area (Å²) in [6.07, 6.45) is 3.71. The second kappa shape index (κ2) is 25.3. The highest BCUT2D eigenvalue weighted by molar-refractivity contribution is 7.98. The number of hydrogen-bond donors (Lipinski definition) is 4. The molecule has 0 radical (unpaired) electrons. The molecule has 0 aliphatic rings. The number of Topliss-reactive ketones (excluding diaryl/α,β-unsaturated/α-hetero) is 1. The molecule has 0 fully saturated rings. The maximum Gasteiger partial charge on any atom is 0.289 e. The first kappa shape index (κ1) is 39.5. The summed E-state index contributed by atoms with van der Waals surface area (Å²) in [6, 6.07) is 16.5. The number of nitrogens with one attached hydrogen (secondary N) is 4. The molecule has 1 atom stereocenters. The smallest absolute Gasteiger partial charge is 0.289 e. The van der Waals surface area contributed by atoms with Crippen LogP contribution in [0, 0.1) is 12.8 Å². The number of aryl methyl sites for hydroxylation is 1. The van der Waals surface area contributed by atoms with Gasteiger partial charge in [-0.05, 0) is 43.2 Å². The standard InChI is InChI=1S/C16H20N4O5.C8H10S.C4H10.C3H8/c1-11(20-14(23)9-17-10-21)15(24)19-8-13(22)16(25)18-7-12-5-3-2-4-6-12;1-7-5-3-4-6-8(7)9-2;1-4(2)3;1-3-2/h2-6,10-11H,7-9H2,1H3,(H,17,21)(H,18,25)(H,19,24)(H,20,23);3-6H,1-2H3;4H,1-3H3;3H2,1-2H3. The Hall–Kier alpha value is -3.66. The molecule has 4 amide bonds. The van der Waals surface area contributed by atoms with Crippen molar-refractivity contribution in [3.05, 3.63) is 65.7 Å². The first-order chi connectivity index (χ1) is 19.4. The minimum atomic E-state index is -0.916.